The lowest BCUT2D eigenvalue weighted by Crippen LogP contribution is -2.22. The fourth-order valence-corrected chi connectivity index (χ4v) is 2.24. The number of rotatable bonds is 6. The maximum absolute atomic E-state index is 12.1. The van der Waals surface area contributed by atoms with E-state index < -0.39 is 0 Å². The van der Waals surface area contributed by atoms with Gasteiger partial charge in [-0.25, -0.2) is 0 Å². The van der Waals surface area contributed by atoms with Crippen LogP contribution in [0.25, 0.3) is 0 Å². The Labute approximate surface area is 130 Å². The first kappa shape index (κ1) is 15.7. The van der Waals surface area contributed by atoms with Gasteiger partial charge in [-0.3, -0.25) is 9.78 Å². The van der Waals surface area contributed by atoms with Crippen LogP contribution >= 0.6 is 11.6 Å². The summed E-state index contributed by atoms with van der Waals surface area (Å²) in [6.07, 6.45) is 0.490. The Hall–Kier alpha value is -1.71. The van der Waals surface area contributed by atoms with Crippen LogP contribution in [0.2, 0.25) is 5.02 Å². The molecule has 1 heterocycles. The van der Waals surface area contributed by atoms with E-state index in [9.17, 15) is 4.79 Å². The van der Waals surface area contributed by atoms with E-state index in [1.54, 1.807) is 24.3 Å². The van der Waals surface area contributed by atoms with Crippen LogP contribution in [0.5, 0.6) is 0 Å². The van der Waals surface area contributed by atoms with E-state index in [-0.39, 0.29) is 5.78 Å². The van der Waals surface area contributed by atoms with Crippen molar-refractivity contribution >= 4 is 17.4 Å². The van der Waals surface area contributed by atoms with Gasteiger partial charge < -0.3 is 4.90 Å². The molecular formula is C17H19ClN2O. The molecule has 0 radical (unpaired) electrons. The predicted octanol–water partition coefficient (Wildman–Crippen LogP) is 3.75. The molecular weight excluding hydrogens is 284 g/mol. The van der Waals surface area contributed by atoms with E-state index in [0.29, 0.717) is 23.6 Å². The van der Waals surface area contributed by atoms with Crippen molar-refractivity contribution in [1.29, 1.82) is 0 Å². The lowest BCUT2D eigenvalue weighted by atomic mass is 10.1. The van der Waals surface area contributed by atoms with Crippen LogP contribution < -0.4 is 0 Å². The van der Waals surface area contributed by atoms with Gasteiger partial charge >= 0.3 is 0 Å². The Morgan fingerprint density at radius 3 is 2.57 bits per heavy atom. The fraction of sp³-hybridized carbons (Fsp3) is 0.294. The summed E-state index contributed by atoms with van der Waals surface area (Å²) in [5, 5.41) is 0.647. The number of halogens is 1. The third-order valence-electron chi connectivity index (χ3n) is 3.26. The van der Waals surface area contributed by atoms with E-state index >= 15 is 0 Å². The number of Topliss-reactive ketones (excluding diaryl/α,β-unsaturated/α-hetero) is 1. The van der Waals surface area contributed by atoms with Crippen molar-refractivity contribution in [3.63, 3.8) is 0 Å². The van der Waals surface area contributed by atoms with Crippen molar-refractivity contribution in [1.82, 2.24) is 9.88 Å². The Morgan fingerprint density at radius 2 is 1.90 bits per heavy atom. The molecule has 0 aliphatic carbocycles. The van der Waals surface area contributed by atoms with E-state index in [1.807, 2.05) is 32.2 Å². The van der Waals surface area contributed by atoms with Crippen molar-refractivity contribution in [2.24, 2.45) is 0 Å². The third kappa shape index (κ3) is 4.96. The molecule has 0 saturated carbocycles. The summed E-state index contributed by atoms with van der Waals surface area (Å²) in [6, 6.07) is 13.0. The first-order valence-corrected chi connectivity index (χ1v) is 7.32. The lowest BCUT2D eigenvalue weighted by Gasteiger charge is -2.15. The van der Waals surface area contributed by atoms with E-state index in [0.717, 1.165) is 17.9 Å². The molecule has 0 atom stereocenters. The van der Waals surface area contributed by atoms with Gasteiger partial charge in [0.15, 0.2) is 5.78 Å². The summed E-state index contributed by atoms with van der Waals surface area (Å²) in [5.74, 6) is 0.135. The number of ketones is 1. The zero-order valence-electron chi connectivity index (χ0n) is 12.3. The van der Waals surface area contributed by atoms with E-state index in [1.165, 1.54) is 0 Å². The fourth-order valence-electron chi connectivity index (χ4n) is 2.12. The number of aromatic nitrogens is 1. The average Bonchev–Trinajstić information content (AvgIpc) is 2.45. The number of hydrogen-bond acceptors (Lipinski definition) is 3. The highest BCUT2D eigenvalue weighted by molar-refractivity contribution is 6.30. The second-order valence-electron chi connectivity index (χ2n) is 5.19. The molecule has 2 rings (SSSR count). The minimum absolute atomic E-state index is 0.135. The van der Waals surface area contributed by atoms with Gasteiger partial charge in [0.1, 0.15) is 0 Å². The Bertz CT molecular complexity index is 610. The first-order valence-electron chi connectivity index (χ1n) is 6.94. The molecule has 2 aromatic rings. The first-order chi connectivity index (χ1) is 10.0. The summed E-state index contributed by atoms with van der Waals surface area (Å²) in [4.78, 5) is 18.7. The summed E-state index contributed by atoms with van der Waals surface area (Å²) >= 11 is 5.82. The summed E-state index contributed by atoms with van der Waals surface area (Å²) in [6.45, 7) is 3.43. The standard InChI is InChI=1S/C17H19ClN2O/c1-13-4-3-5-16(19-13)12-20(2)11-10-17(21)14-6-8-15(18)9-7-14/h3-9H,10-12H2,1-2H3. The zero-order valence-corrected chi connectivity index (χ0v) is 13.1. The second kappa shape index (κ2) is 7.34. The SMILES string of the molecule is Cc1cccc(CN(C)CCC(=O)c2ccc(Cl)cc2)n1. The van der Waals surface area contributed by atoms with Gasteiger partial charge in [0.05, 0.1) is 5.69 Å². The number of hydrogen-bond donors (Lipinski definition) is 0. The topological polar surface area (TPSA) is 33.2 Å². The molecule has 3 nitrogen and oxygen atoms in total. The molecule has 0 unspecified atom stereocenters. The Morgan fingerprint density at radius 1 is 1.19 bits per heavy atom. The maximum atomic E-state index is 12.1. The second-order valence-corrected chi connectivity index (χ2v) is 5.62. The highest BCUT2D eigenvalue weighted by atomic mass is 35.5. The molecule has 0 amide bonds. The Kier molecular flexibility index (Phi) is 5.48. The molecule has 21 heavy (non-hydrogen) atoms. The van der Waals surface area contributed by atoms with Crippen molar-refractivity contribution in [2.45, 2.75) is 19.9 Å². The van der Waals surface area contributed by atoms with E-state index in [4.69, 9.17) is 11.6 Å². The molecule has 0 spiro atoms. The number of aryl methyl sites for hydroxylation is 1. The monoisotopic (exact) mass is 302 g/mol. The number of carbonyl (C=O) groups is 1. The third-order valence-corrected chi connectivity index (χ3v) is 3.52. The highest BCUT2D eigenvalue weighted by Gasteiger charge is 2.08. The molecule has 4 heteroatoms. The van der Waals surface area contributed by atoms with Gasteiger partial charge in [0.25, 0.3) is 0 Å². The molecule has 0 saturated heterocycles. The smallest absolute Gasteiger partial charge is 0.164 e. The van der Waals surface area contributed by atoms with Crippen LogP contribution in [0.1, 0.15) is 28.2 Å². The van der Waals surface area contributed by atoms with Crippen molar-refractivity contribution in [2.75, 3.05) is 13.6 Å². The normalized spacial score (nSPS) is 10.9. The van der Waals surface area contributed by atoms with Gasteiger partial charge in [0, 0.05) is 35.8 Å². The largest absolute Gasteiger partial charge is 0.300 e. The van der Waals surface area contributed by atoms with Crippen LogP contribution in [-0.2, 0) is 6.54 Å². The van der Waals surface area contributed by atoms with Gasteiger partial charge in [-0.15, -0.1) is 0 Å². The molecule has 1 aromatic carbocycles. The number of pyridine rings is 1. The molecule has 0 aliphatic rings. The molecule has 1 aromatic heterocycles. The van der Waals surface area contributed by atoms with Crippen LogP contribution in [0.3, 0.4) is 0 Å². The molecule has 0 aliphatic heterocycles. The van der Waals surface area contributed by atoms with Gasteiger partial charge in [0.2, 0.25) is 0 Å². The highest BCUT2D eigenvalue weighted by Crippen LogP contribution is 2.11. The summed E-state index contributed by atoms with van der Waals surface area (Å²) in [7, 11) is 2.00. The lowest BCUT2D eigenvalue weighted by molar-refractivity contribution is 0.0967. The predicted molar refractivity (Wildman–Crippen MR) is 85.7 cm³/mol. The summed E-state index contributed by atoms with van der Waals surface area (Å²) in [5.41, 5.74) is 2.75. The van der Waals surface area contributed by atoms with Crippen LogP contribution in [0.15, 0.2) is 42.5 Å². The quantitative estimate of drug-likeness (QED) is 0.762. The van der Waals surface area contributed by atoms with Crippen LogP contribution in [-0.4, -0.2) is 29.3 Å². The maximum Gasteiger partial charge on any atom is 0.164 e. The molecule has 110 valence electrons. The number of nitrogens with zero attached hydrogens (tertiary/aromatic N) is 2. The summed E-state index contributed by atoms with van der Waals surface area (Å²) < 4.78 is 0. The minimum Gasteiger partial charge on any atom is -0.300 e. The minimum atomic E-state index is 0.135. The van der Waals surface area contributed by atoms with Gasteiger partial charge in [-0.2, -0.15) is 0 Å². The number of benzene rings is 1. The molecule has 0 N–H and O–H groups in total. The Balaban J connectivity index is 1.84. The van der Waals surface area contributed by atoms with Crippen molar-refractivity contribution in [3.8, 4) is 0 Å². The van der Waals surface area contributed by atoms with Crippen molar-refractivity contribution in [3.05, 3.63) is 64.4 Å². The van der Waals surface area contributed by atoms with Crippen LogP contribution in [0, 0.1) is 6.92 Å². The average molecular weight is 303 g/mol. The molecule has 0 fully saturated rings. The van der Waals surface area contributed by atoms with Gasteiger partial charge in [-0.05, 0) is 50.4 Å². The number of carbonyl (C=O) groups excluding carboxylic acids is 1. The van der Waals surface area contributed by atoms with Crippen LogP contribution in [0.4, 0.5) is 0 Å². The van der Waals surface area contributed by atoms with E-state index in [2.05, 4.69) is 9.88 Å². The van der Waals surface area contributed by atoms with Gasteiger partial charge in [-0.1, -0.05) is 17.7 Å². The zero-order chi connectivity index (χ0) is 15.2. The molecule has 0 bridgehead atoms. The van der Waals surface area contributed by atoms with Crippen molar-refractivity contribution < 1.29 is 4.79 Å².